The fourth-order valence-electron chi connectivity index (χ4n) is 2.97. The van der Waals surface area contributed by atoms with Crippen LogP contribution in [-0.2, 0) is 0 Å². The Balaban J connectivity index is 1.80. The van der Waals surface area contributed by atoms with Crippen molar-refractivity contribution in [1.29, 1.82) is 0 Å². The first-order valence-electron chi connectivity index (χ1n) is 8.85. The molecule has 1 N–H and O–H groups in total. The average molecular weight is 373 g/mol. The molecule has 2 aromatic rings. The highest BCUT2D eigenvalue weighted by Crippen LogP contribution is 2.13. The van der Waals surface area contributed by atoms with Gasteiger partial charge in [-0.2, -0.15) is 0 Å². The zero-order valence-electron chi connectivity index (χ0n) is 14.8. The lowest BCUT2D eigenvalue weighted by molar-refractivity contribution is 0.0595. The first kappa shape index (κ1) is 19.1. The molecule has 0 saturated carbocycles. The summed E-state index contributed by atoms with van der Waals surface area (Å²) in [4.78, 5) is 29.1. The van der Waals surface area contributed by atoms with Crippen molar-refractivity contribution in [1.82, 2.24) is 15.1 Å². The summed E-state index contributed by atoms with van der Waals surface area (Å²) in [5.74, 6) is -1.91. The molecule has 0 atom stereocenters. The van der Waals surface area contributed by atoms with Crippen molar-refractivity contribution in [3.8, 4) is 0 Å². The lowest BCUT2D eigenvalue weighted by Gasteiger charge is -2.30. The smallest absolute Gasteiger partial charge is 0.260 e. The van der Waals surface area contributed by atoms with Crippen LogP contribution in [0.1, 0.15) is 20.7 Å². The van der Waals surface area contributed by atoms with E-state index in [4.69, 9.17) is 0 Å². The highest BCUT2D eigenvalue weighted by molar-refractivity contribution is 6.10. The van der Waals surface area contributed by atoms with Gasteiger partial charge in [0, 0.05) is 50.4 Å². The van der Waals surface area contributed by atoms with Crippen LogP contribution >= 0.6 is 0 Å². The van der Waals surface area contributed by atoms with Crippen molar-refractivity contribution in [2.45, 2.75) is 0 Å². The number of nitrogens with one attached hydrogen (secondary N) is 1. The van der Waals surface area contributed by atoms with Gasteiger partial charge in [-0.25, -0.2) is 8.78 Å². The number of hydrogen-bond donors (Lipinski definition) is 1. The Morgan fingerprint density at radius 1 is 0.852 bits per heavy atom. The number of benzene rings is 2. The number of halogens is 2. The van der Waals surface area contributed by atoms with Gasteiger partial charge >= 0.3 is 0 Å². The Hall–Kier alpha value is -2.64. The molecule has 1 aliphatic rings. The van der Waals surface area contributed by atoms with Gasteiger partial charge in [0.1, 0.15) is 11.6 Å². The lowest BCUT2D eigenvalue weighted by Crippen LogP contribution is -2.48. The molecule has 3 rings (SSSR count). The maximum Gasteiger partial charge on any atom is 0.260 e. The van der Waals surface area contributed by atoms with Crippen molar-refractivity contribution < 1.29 is 18.4 Å². The van der Waals surface area contributed by atoms with E-state index in [0.717, 1.165) is 31.1 Å². The van der Waals surface area contributed by atoms with E-state index in [0.29, 0.717) is 6.54 Å². The predicted octanol–water partition coefficient (Wildman–Crippen LogP) is 2.15. The van der Waals surface area contributed by atoms with Crippen LogP contribution in [0.25, 0.3) is 0 Å². The van der Waals surface area contributed by atoms with Crippen LogP contribution in [0.15, 0.2) is 48.5 Å². The first-order valence-corrected chi connectivity index (χ1v) is 8.85. The van der Waals surface area contributed by atoms with Crippen molar-refractivity contribution in [3.63, 3.8) is 0 Å². The van der Waals surface area contributed by atoms with E-state index < -0.39 is 23.4 Å². The lowest BCUT2D eigenvalue weighted by atomic mass is 10.1. The Bertz CT molecular complexity index is 730. The van der Waals surface area contributed by atoms with Crippen LogP contribution in [0.3, 0.4) is 0 Å². The molecule has 27 heavy (non-hydrogen) atoms. The maximum absolute atomic E-state index is 13.2. The number of hydrogen-bond acceptors (Lipinski definition) is 4. The van der Waals surface area contributed by atoms with E-state index in [-0.39, 0.29) is 17.7 Å². The molecule has 2 aromatic carbocycles. The van der Waals surface area contributed by atoms with E-state index in [9.17, 15) is 18.4 Å². The summed E-state index contributed by atoms with van der Waals surface area (Å²) in [6, 6.07) is 10.2. The fourth-order valence-corrected chi connectivity index (χ4v) is 2.97. The zero-order chi connectivity index (χ0) is 19.2. The SMILES string of the molecule is O=C(c1ccc(F)cc1)N(CCN1CCNCC1)C(=O)c1ccc(F)cc1. The Kier molecular flexibility index (Phi) is 6.26. The second-order valence-electron chi connectivity index (χ2n) is 6.37. The summed E-state index contributed by atoms with van der Waals surface area (Å²) >= 11 is 0. The average Bonchev–Trinajstić information content (AvgIpc) is 2.69. The van der Waals surface area contributed by atoms with Crippen LogP contribution in [0.4, 0.5) is 8.78 Å². The maximum atomic E-state index is 13.2. The van der Waals surface area contributed by atoms with Crippen molar-refractivity contribution in [3.05, 3.63) is 71.3 Å². The van der Waals surface area contributed by atoms with E-state index in [1.807, 2.05) is 0 Å². The summed E-state index contributed by atoms with van der Waals surface area (Å²) in [5, 5.41) is 3.25. The summed E-state index contributed by atoms with van der Waals surface area (Å²) in [6.07, 6.45) is 0. The van der Waals surface area contributed by atoms with Gasteiger partial charge < -0.3 is 5.32 Å². The second kappa shape index (κ2) is 8.83. The third kappa shape index (κ3) is 4.96. The minimum Gasteiger partial charge on any atom is -0.314 e. The quantitative estimate of drug-likeness (QED) is 0.816. The summed E-state index contributed by atoms with van der Waals surface area (Å²) in [6.45, 7) is 4.14. The molecule has 2 amide bonds. The molecule has 0 aromatic heterocycles. The molecule has 0 radical (unpaired) electrons. The largest absolute Gasteiger partial charge is 0.314 e. The van der Waals surface area contributed by atoms with Crippen LogP contribution in [0, 0.1) is 11.6 Å². The third-order valence-electron chi connectivity index (χ3n) is 4.52. The van der Waals surface area contributed by atoms with Crippen molar-refractivity contribution in [2.75, 3.05) is 39.3 Å². The van der Waals surface area contributed by atoms with Gasteiger partial charge in [0.2, 0.25) is 0 Å². The molecule has 1 fully saturated rings. The minimum atomic E-state index is -0.501. The predicted molar refractivity (Wildman–Crippen MR) is 97.5 cm³/mol. The Morgan fingerprint density at radius 3 is 1.74 bits per heavy atom. The summed E-state index contributed by atoms with van der Waals surface area (Å²) in [5.41, 5.74) is 0.458. The van der Waals surface area contributed by atoms with Gasteiger partial charge in [0.05, 0.1) is 0 Å². The molecular formula is C20H21F2N3O2. The number of carbonyl (C=O) groups is 2. The van der Waals surface area contributed by atoms with E-state index in [2.05, 4.69) is 10.2 Å². The zero-order valence-corrected chi connectivity index (χ0v) is 14.8. The van der Waals surface area contributed by atoms with Gasteiger partial charge in [0.15, 0.2) is 0 Å². The molecule has 0 bridgehead atoms. The summed E-state index contributed by atoms with van der Waals surface area (Å²) < 4.78 is 26.3. The molecule has 5 nitrogen and oxygen atoms in total. The molecule has 1 heterocycles. The molecular weight excluding hydrogens is 352 g/mol. The van der Waals surface area contributed by atoms with Crippen LogP contribution in [0.5, 0.6) is 0 Å². The Morgan fingerprint density at radius 2 is 1.30 bits per heavy atom. The number of nitrogens with zero attached hydrogens (tertiary/aromatic N) is 2. The van der Waals surface area contributed by atoms with Crippen molar-refractivity contribution >= 4 is 11.8 Å². The summed E-state index contributed by atoms with van der Waals surface area (Å²) in [7, 11) is 0. The number of piperazine rings is 1. The third-order valence-corrected chi connectivity index (χ3v) is 4.52. The second-order valence-corrected chi connectivity index (χ2v) is 6.37. The standard InChI is InChI=1S/C20H21F2N3O2/c21-17-5-1-15(2-6-17)19(26)25(14-13-24-11-9-23-10-12-24)20(27)16-3-7-18(22)8-4-16/h1-8,23H,9-14H2. The van der Waals surface area contributed by atoms with Gasteiger partial charge in [-0.15, -0.1) is 0 Å². The van der Waals surface area contributed by atoms with E-state index in [1.165, 1.54) is 48.5 Å². The monoisotopic (exact) mass is 373 g/mol. The first-order chi connectivity index (χ1) is 13.0. The normalized spacial score (nSPS) is 14.7. The van der Waals surface area contributed by atoms with Crippen LogP contribution in [-0.4, -0.2) is 60.9 Å². The molecule has 7 heteroatoms. The Labute approximate surface area is 156 Å². The molecule has 1 aliphatic heterocycles. The minimum absolute atomic E-state index is 0.201. The molecule has 0 unspecified atom stereocenters. The van der Waals surface area contributed by atoms with Gasteiger partial charge in [0.25, 0.3) is 11.8 Å². The number of imide groups is 1. The molecule has 0 spiro atoms. The number of amides is 2. The van der Waals surface area contributed by atoms with Gasteiger partial charge in [-0.05, 0) is 48.5 Å². The highest BCUT2D eigenvalue weighted by Gasteiger charge is 2.25. The van der Waals surface area contributed by atoms with E-state index >= 15 is 0 Å². The van der Waals surface area contributed by atoms with E-state index in [1.54, 1.807) is 0 Å². The van der Waals surface area contributed by atoms with Crippen LogP contribution in [0.2, 0.25) is 0 Å². The number of rotatable bonds is 5. The topological polar surface area (TPSA) is 52.7 Å². The fraction of sp³-hybridized carbons (Fsp3) is 0.300. The number of carbonyl (C=O) groups excluding carboxylic acids is 2. The molecule has 0 aliphatic carbocycles. The van der Waals surface area contributed by atoms with Gasteiger partial charge in [-0.1, -0.05) is 0 Å². The molecule has 1 saturated heterocycles. The van der Waals surface area contributed by atoms with Crippen LogP contribution < -0.4 is 5.32 Å². The highest BCUT2D eigenvalue weighted by atomic mass is 19.1. The van der Waals surface area contributed by atoms with Crippen molar-refractivity contribution in [2.24, 2.45) is 0 Å². The molecule has 142 valence electrons. The van der Waals surface area contributed by atoms with Gasteiger partial charge in [-0.3, -0.25) is 19.4 Å².